The van der Waals surface area contributed by atoms with Crippen molar-refractivity contribution in [2.24, 2.45) is 0 Å². The van der Waals surface area contributed by atoms with E-state index in [1.807, 2.05) is 0 Å². The van der Waals surface area contributed by atoms with Gasteiger partial charge in [-0.3, -0.25) is 4.79 Å². The molecule has 0 radical (unpaired) electrons. The fraction of sp³-hybridized carbons (Fsp3) is 0.0909. The summed E-state index contributed by atoms with van der Waals surface area (Å²) in [5.41, 5.74) is 1.68. The maximum atomic E-state index is 11.2. The molecule has 0 fully saturated rings. The van der Waals surface area contributed by atoms with Crippen LogP contribution in [-0.4, -0.2) is 5.91 Å². The van der Waals surface area contributed by atoms with Crippen molar-refractivity contribution >= 4 is 17.3 Å². The van der Waals surface area contributed by atoms with Gasteiger partial charge in [0, 0.05) is 11.3 Å². The molecular formula is C11H10N2O. The SMILES string of the molecule is [C-]#[N+]c1ccc(NC(=O)C(=C)C)cc1. The third-order valence-corrected chi connectivity index (χ3v) is 1.64. The Morgan fingerprint density at radius 3 is 2.43 bits per heavy atom. The van der Waals surface area contributed by atoms with Crippen molar-refractivity contribution in [3.8, 4) is 0 Å². The van der Waals surface area contributed by atoms with Crippen LogP contribution in [0.4, 0.5) is 11.4 Å². The second-order valence-electron chi connectivity index (χ2n) is 2.89. The lowest BCUT2D eigenvalue weighted by molar-refractivity contribution is -0.112. The summed E-state index contributed by atoms with van der Waals surface area (Å²) < 4.78 is 0. The minimum Gasteiger partial charge on any atom is -0.322 e. The average molecular weight is 186 g/mol. The first-order valence-electron chi connectivity index (χ1n) is 4.08. The molecule has 3 heteroatoms. The molecule has 0 heterocycles. The Balaban J connectivity index is 2.75. The third kappa shape index (κ3) is 2.46. The van der Waals surface area contributed by atoms with Gasteiger partial charge >= 0.3 is 0 Å². The van der Waals surface area contributed by atoms with Crippen molar-refractivity contribution in [1.29, 1.82) is 0 Å². The van der Waals surface area contributed by atoms with Gasteiger partial charge in [-0.25, -0.2) is 4.85 Å². The third-order valence-electron chi connectivity index (χ3n) is 1.64. The van der Waals surface area contributed by atoms with E-state index in [9.17, 15) is 4.79 Å². The van der Waals surface area contributed by atoms with Crippen molar-refractivity contribution in [3.05, 3.63) is 47.8 Å². The van der Waals surface area contributed by atoms with E-state index >= 15 is 0 Å². The summed E-state index contributed by atoms with van der Waals surface area (Å²) in [5.74, 6) is -0.208. The number of anilines is 1. The van der Waals surface area contributed by atoms with Crippen molar-refractivity contribution in [2.75, 3.05) is 5.32 Å². The lowest BCUT2D eigenvalue weighted by Gasteiger charge is -2.03. The fourth-order valence-corrected chi connectivity index (χ4v) is 0.857. The summed E-state index contributed by atoms with van der Waals surface area (Å²) >= 11 is 0. The maximum Gasteiger partial charge on any atom is 0.250 e. The zero-order valence-electron chi connectivity index (χ0n) is 7.87. The Morgan fingerprint density at radius 1 is 1.43 bits per heavy atom. The Labute approximate surface area is 82.9 Å². The monoisotopic (exact) mass is 186 g/mol. The topological polar surface area (TPSA) is 33.5 Å². The van der Waals surface area contributed by atoms with E-state index in [-0.39, 0.29) is 5.91 Å². The zero-order valence-corrected chi connectivity index (χ0v) is 7.87. The number of benzene rings is 1. The molecule has 1 amide bonds. The molecule has 0 atom stereocenters. The quantitative estimate of drug-likeness (QED) is 0.559. The van der Waals surface area contributed by atoms with Gasteiger partial charge in [0.25, 0.3) is 5.91 Å². The van der Waals surface area contributed by atoms with Gasteiger partial charge in [0.1, 0.15) is 0 Å². The molecule has 3 nitrogen and oxygen atoms in total. The lowest BCUT2D eigenvalue weighted by Crippen LogP contribution is -2.11. The molecule has 1 aromatic rings. The Kier molecular flexibility index (Phi) is 3.03. The molecular weight excluding hydrogens is 176 g/mol. The first kappa shape index (κ1) is 10.0. The smallest absolute Gasteiger partial charge is 0.250 e. The van der Waals surface area contributed by atoms with Crippen LogP contribution in [0.25, 0.3) is 4.85 Å². The summed E-state index contributed by atoms with van der Waals surface area (Å²) in [6.07, 6.45) is 0. The van der Waals surface area contributed by atoms with E-state index in [1.54, 1.807) is 31.2 Å². The average Bonchev–Trinajstić information content (AvgIpc) is 2.19. The highest BCUT2D eigenvalue weighted by Gasteiger charge is 2.01. The van der Waals surface area contributed by atoms with Crippen LogP contribution in [-0.2, 0) is 4.79 Å². The van der Waals surface area contributed by atoms with Crippen LogP contribution >= 0.6 is 0 Å². The molecule has 0 saturated heterocycles. The fourth-order valence-electron chi connectivity index (χ4n) is 0.857. The van der Waals surface area contributed by atoms with Gasteiger partial charge in [-0.2, -0.15) is 0 Å². The predicted octanol–water partition coefficient (Wildman–Crippen LogP) is 2.75. The van der Waals surface area contributed by atoms with Crippen molar-refractivity contribution in [3.63, 3.8) is 0 Å². The van der Waals surface area contributed by atoms with E-state index in [0.29, 0.717) is 16.9 Å². The molecule has 0 unspecified atom stereocenters. The summed E-state index contributed by atoms with van der Waals surface area (Å²) in [6, 6.07) is 6.69. The second kappa shape index (κ2) is 4.24. The van der Waals surface area contributed by atoms with E-state index < -0.39 is 0 Å². The number of amides is 1. The molecule has 0 aromatic heterocycles. The molecule has 0 saturated carbocycles. The van der Waals surface area contributed by atoms with Crippen LogP contribution in [0.3, 0.4) is 0 Å². The molecule has 0 spiro atoms. The Hall–Kier alpha value is -2.08. The summed E-state index contributed by atoms with van der Waals surface area (Å²) in [6.45, 7) is 11.9. The van der Waals surface area contributed by atoms with Crippen molar-refractivity contribution in [2.45, 2.75) is 6.92 Å². The van der Waals surface area contributed by atoms with Crippen molar-refractivity contribution in [1.82, 2.24) is 0 Å². The molecule has 1 N–H and O–H groups in total. The normalized spacial score (nSPS) is 8.86. The van der Waals surface area contributed by atoms with E-state index in [1.165, 1.54) is 0 Å². The molecule has 0 aliphatic heterocycles. The van der Waals surface area contributed by atoms with Crippen LogP contribution in [0.15, 0.2) is 36.4 Å². The molecule has 14 heavy (non-hydrogen) atoms. The van der Waals surface area contributed by atoms with E-state index in [0.717, 1.165) is 0 Å². The van der Waals surface area contributed by atoms with E-state index in [2.05, 4.69) is 16.7 Å². The molecule has 0 bridgehead atoms. The lowest BCUT2D eigenvalue weighted by atomic mass is 10.2. The van der Waals surface area contributed by atoms with Gasteiger partial charge in [0.05, 0.1) is 6.57 Å². The minimum absolute atomic E-state index is 0.208. The molecule has 70 valence electrons. The number of nitrogens with zero attached hydrogens (tertiary/aromatic N) is 1. The zero-order chi connectivity index (χ0) is 10.6. The highest BCUT2D eigenvalue weighted by molar-refractivity contribution is 6.02. The Bertz CT molecular complexity index is 398. The van der Waals surface area contributed by atoms with Crippen LogP contribution in [0, 0.1) is 6.57 Å². The van der Waals surface area contributed by atoms with Gasteiger partial charge in [0.2, 0.25) is 0 Å². The van der Waals surface area contributed by atoms with Gasteiger partial charge in [-0.05, 0) is 19.1 Å². The number of carbonyl (C=O) groups is 1. The van der Waals surface area contributed by atoms with Crippen LogP contribution in [0.5, 0.6) is 0 Å². The van der Waals surface area contributed by atoms with Crippen LogP contribution < -0.4 is 5.32 Å². The van der Waals surface area contributed by atoms with Crippen LogP contribution in [0.2, 0.25) is 0 Å². The summed E-state index contributed by atoms with van der Waals surface area (Å²) in [4.78, 5) is 14.4. The van der Waals surface area contributed by atoms with Gasteiger partial charge in [-0.1, -0.05) is 18.7 Å². The second-order valence-corrected chi connectivity index (χ2v) is 2.89. The van der Waals surface area contributed by atoms with Gasteiger partial charge in [-0.15, -0.1) is 0 Å². The number of nitrogens with one attached hydrogen (secondary N) is 1. The summed E-state index contributed by atoms with van der Waals surface area (Å²) in [5, 5.41) is 2.65. The highest BCUT2D eigenvalue weighted by Crippen LogP contribution is 2.16. The standard InChI is InChI=1S/C11H10N2O/c1-8(2)11(14)13-10-6-4-9(12-3)5-7-10/h4-7H,1H2,2H3,(H,13,14). The van der Waals surface area contributed by atoms with Gasteiger partial charge in [0.15, 0.2) is 5.69 Å². The van der Waals surface area contributed by atoms with E-state index in [4.69, 9.17) is 6.57 Å². The largest absolute Gasteiger partial charge is 0.322 e. The van der Waals surface area contributed by atoms with Crippen molar-refractivity contribution < 1.29 is 4.79 Å². The molecule has 0 aliphatic carbocycles. The summed E-state index contributed by atoms with van der Waals surface area (Å²) in [7, 11) is 0. The van der Waals surface area contributed by atoms with Crippen LogP contribution in [0.1, 0.15) is 6.92 Å². The number of hydrogen-bond acceptors (Lipinski definition) is 1. The number of rotatable bonds is 2. The molecule has 0 aliphatic rings. The maximum absolute atomic E-state index is 11.2. The number of hydrogen-bond donors (Lipinski definition) is 1. The minimum atomic E-state index is -0.208. The molecule has 1 aromatic carbocycles. The number of carbonyl (C=O) groups excluding carboxylic acids is 1. The highest BCUT2D eigenvalue weighted by atomic mass is 16.1. The van der Waals surface area contributed by atoms with Gasteiger partial charge < -0.3 is 5.32 Å². The first-order valence-corrected chi connectivity index (χ1v) is 4.08. The predicted molar refractivity (Wildman–Crippen MR) is 56.1 cm³/mol. The molecule has 1 rings (SSSR count). The Morgan fingerprint density at radius 2 is 2.00 bits per heavy atom. The first-order chi connectivity index (χ1) is 6.63.